The second-order valence-electron chi connectivity index (χ2n) is 6.57. The van der Waals surface area contributed by atoms with Crippen molar-refractivity contribution in [2.75, 3.05) is 4.90 Å². The van der Waals surface area contributed by atoms with Crippen LogP contribution in [0.4, 0.5) is 5.13 Å². The zero-order valence-corrected chi connectivity index (χ0v) is 16.4. The number of nitrogens with zero attached hydrogens (tertiary/aromatic N) is 2. The molecule has 3 nitrogen and oxygen atoms in total. The molecule has 0 radical (unpaired) electrons. The first-order chi connectivity index (χ1) is 13.7. The van der Waals surface area contributed by atoms with E-state index in [4.69, 9.17) is 4.98 Å². The summed E-state index contributed by atoms with van der Waals surface area (Å²) in [6.45, 7) is 2.45. The van der Waals surface area contributed by atoms with Gasteiger partial charge in [-0.25, -0.2) is 4.98 Å². The molecule has 4 aromatic rings. The maximum atomic E-state index is 13.4. The molecular weight excluding hydrogens is 364 g/mol. The highest BCUT2D eigenvalue weighted by Crippen LogP contribution is 2.30. The Kier molecular flexibility index (Phi) is 5.31. The number of hydrogen-bond donors (Lipinski definition) is 0. The Morgan fingerprint density at radius 1 is 0.893 bits per heavy atom. The van der Waals surface area contributed by atoms with E-state index in [1.54, 1.807) is 4.90 Å². The maximum Gasteiger partial charge on any atom is 0.260 e. The zero-order chi connectivity index (χ0) is 19.3. The van der Waals surface area contributed by atoms with Gasteiger partial charge in [0, 0.05) is 16.5 Å². The van der Waals surface area contributed by atoms with Crippen molar-refractivity contribution < 1.29 is 4.79 Å². The molecule has 0 unspecified atom stereocenters. The zero-order valence-electron chi connectivity index (χ0n) is 15.6. The topological polar surface area (TPSA) is 33.2 Å². The van der Waals surface area contributed by atoms with Gasteiger partial charge in [-0.3, -0.25) is 9.69 Å². The predicted octanol–water partition coefficient (Wildman–Crippen LogP) is 5.97. The highest BCUT2D eigenvalue weighted by Gasteiger charge is 2.22. The van der Waals surface area contributed by atoms with Crippen molar-refractivity contribution in [3.05, 3.63) is 107 Å². The smallest absolute Gasteiger partial charge is 0.260 e. The summed E-state index contributed by atoms with van der Waals surface area (Å²) >= 11 is 1.49. The lowest BCUT2D eigenvalue weighted by atomic mass is 10.1. The van der Waals surface area contributed by atoms with Gasteiger partial charge in [-0.05, 0) is 24.1 Å². The van der Waals surface area contributed by atoms with Crippen LogP contribution in [-0.4, -0.2) is 10.9 Å². The fourth-order valence-electron chi connectivity index (χ4n) is 3.08. The first-order valence-corrected chi connectivity index (χ1v) is 10.0. The van der Waals surface area contributed by atoms with Crippen LogP contribution < -0.4 is 4.90 Å². The molecule has 28 heavy (non-hydrogen) atoms. The molecule has 0 fully saturated rings. The van der Waals surface area contributed by atoms with Crippen molar-refractivity contribution >= 4 is 22.4 Å². The number of carbonyl (C=O) groups excluding carboxylic acids is 1. The average Bonchev–Trinajstić information content (AvgIpc) is 3.23. The summed E-state index contributed by atoms with van der Waals surface area (Å²) in [5, 5.41) is 2.71. The SMILES string of the molecule is Cc1ccccc1C(=O)N(Cc1ccccc1)c1nc(-c2ccccc2)cs1. The number of thiazole rings is 1. The van der Waals surface area contributed by atoms with Gasteiger partial charge in [-0.2, -0.15) is 0 Å². The minimum atomic E-state index is -0.0316. The molecule has 1 aromatic heterocycles. The molecule has 0 atom stereocenters. The number of amides is 1. The standard InChI is InChI=1S/C24H20N2OS/c1-18-10-8-9-15-21(18)23(27)26(16-19-11-4-2-5-12-19)24-25-22(17-28-24)20-13-6-3-7-14-20/h2-15,17H,16H2,1H3. The number of aryl methyl sites for hydroxylation is 1. The van der Waals surface area contributed by atoms with Crippen LogP contribution in [0.3, 0.4) is 0 Å². The van der Waals surface area contributed by atoms with E-state index in [9.17, 15) is 4.79 Å². The summed E-state index contributed by atoms with van der Waals surface area (Å²) in [4.78, 5) is 20.0. The maximum absolute atomic E-state index is 13.4. The Morgan fingerprint density at radius 3 is 2.25 bits per heavy atom. The molecule has 0 saturated heterocycles. The Morgan fingerprint density at radius 2 is 1.54 bits per heavy atom. The predicted molar refractivity (Wildman–Crippen MR) is 116 cm³/mol. The van der Waals surface area contributed by atoms with Crippen LogP contribution in [0.1, 0.15) is 21.5 Å². The molecule has 0 saturated carbocycles. The summed E-state index contributed by atoms with van der Waals surface area (Å²) in [6.07, 6.45) is 0. The van der Waals surface area contributed by atoms with Crippen molar-refractivity contribution in [1.82, 2.24) is 4.98 Å². The Bertz CT molecular complexity index is 1070. The highest BCUT2D eigenvalue weighted by molar-refractivity contribution is 7.14. The average molecular weight is 385 g/mol. The first kappa shape index (κ1) is 18.1. The van der Waals surface area contributed by atoms with Crippen LogP contribution in [0.2, 0.25) is 0 Å². The summed E-state index contributed by atoms with van der Waals surface area (Å²) in [7, 11) is 0. The number of benzene rings is 3. The van der Waals surface area contributed by atoms with Crippen LogP contribution >= 0.6 is 11.3 Å². The van der Waals surface area contributed by atoms with E-state index < -0.39 is 0 Å². The van der Waals surface area contributed by atoms with E-state index in [2.05, 4.69) is 0 Å². The van der Waals surface area contributed by atoms with Crippen LogP contribution in [-0.2, 0) is 6.54 Å². The molecule has 1 amide bonds. The second kappa shape index (κ2) is 8.19. The number of rotatable bonds is 5. The van der Waals surface area contributed by atoms with Gasteiger partial charge in [-0.1, -0.05) is 78.9 Å². The fraction of sp³-hybridized carbons (Fsp3) is 0.0833. The van der Waals surface area contributed by atoms with Gasteiger partial charge in [0.05, 0.1) is 12.2 Å². The molecule has 1 heterocycles. The fourth-order valence-corrected chi connectivity index (χ4v) is 3.91. The molecule has 0 bridgehead atoms. The Hall–Kier alpha value is -3.24. The van der Waals surface area contributed by atoms with Gasteiger partial charge in [0.25, 0.3) is 5.91 Å². The van der Waals surface area contributed by atoms with E-state index in [0.29, 0.717) is 17.2 Å². The van der Waals surface area contributed by atoms with Crippen molar-refractivity contribution in [3.63, 3.8) is 0 Å². The lowest BCUT2D eigenvalue weighted by molar-refractivity contribution is 0.0984. The highest BCUT2D eigenvalue weighted by atomic mass is 32.1. The normalized spacial score (nSPS) is 10.6. The number of hydrogen-bond acceptors (Lipinski definition) is 3. The van der Waals surface area contributed by atoms with Gasteiger partial charge in [-0.15, -0.1) is 11.3 Å². The third-order valence-electron chi connectivity index (χ3n) is 4.60. The van der Waals surface area contributed by atoms with Crippen molar-refractivity contribution in [3.8, 4) is 11.3 Å². The van der Waals surface area contributed by atoms with Crippen LogP contribution in [0.5, 0.6) is 0 Å². The second-order valence-corrected chi connectivity index (χ2v) is 7.41. The minimum absolute atomic E-state index is 0.0316. The third-order valence-corrected chi connectivity index (χ3v) is 5.46. The molecular formula is C24H20N2OS. The van der Waals surface area contributed by atoms with E-state index in [0.717, 1.165) is 22.4 Å². The lowest BCUT2D eigenvalue weighted by Crippen LogP contribution is -2.30. The van der Waals surface area contributed by atoms with Gasteiger partial charge in [0.15, 0.2) is 5.13 Å². The largest absolute Gasteiger partial charge is 0.279 e. The van der Waals surface area contributed by atoms with E-state index in [1.807, 2.05) is 97.2 Å². The molecule has 0 aliphatic heterocycles. The third kappa shape index (κ3) is 3.87. The molecule has 0 N–H and O–H groups in total. The van der Waals surface area contributed by atoms with Gasteiger partial charge in [0.1, 0.15) is 0 Å². The van der Waals surface area contributed by atoms with Crippen LogP contribution in [0.25, 0.3) is 11.3 Å². The van der Waals surface area contributed by atoms with Gasteiger partial charge < -0.3 is 0 Å². The van der Waals surface area contributed by atoms with Gasteiger partial charge in [0.2, 0.25) is 0 Å². The summed E-state index contributed by atoms with van der Waals surface area (Å²) in [5.41, 5.74) is 4.67. The molecule has 138 valence electrons. The lowest BCUT2D eigenvalue weighted by Gasteiger charge is -2.21. The first-order valence-electron chi connectivity index (χ1n) is 9.15. The number of carbonyl (C=O) groups is 1. The van der Waals surface area contributed by atoms with Crippen molar-refractivity contribution in [2.24, 2.45) is 0 Å². The molecule has 4 rings (SSSR count). The van der Waals surface area contributed by atoms with Crippen LogP contribution in [0.15, 0.2) is 90.3 Å². The summed E-state index contributed by atoms with van der Waals surface area (Å²) in [5.74, 6) is -0.0316. The molecule has 0 aliphatic carbocycles. The minimum Gasteiger partial charge on any atom is -0.279 e. The van der Waals surface area contributed by atoms with Crippen LogP contribution in [0, 0.1) is 6.92 Å². The molecule has 0 spiro atoms. The number of anilines is 1. The van der Waals surface area contributed by atoms with E-state index in [1.165, 1.54) is 11.3 Å². The van der Waals surface area contributed by atoms with Crippen molar-refractivity contribution in [2.45, 2.75) is 13.5 Å². The summed E-state index contributed by atoms with van der Waals surface area (Å²) < 4.78 is 0. The monoisotopic (exact) mass is 384 g/mol. The van der Waals surface area contributed by atoms with E-state index >= 15 is 0 Å². The molecule has 3 aromatic carbocycles. The summed E-state index contributed by atoms with van der Waals surface area (Å²) in [6, 6.07) is 27.7. The van der Waals surface area contributed by atoms with E-state index in [-0.39, 0.29) is 5.91 Å². The Labute approximate surface area is 168 Å². The van der Waals surface area contributed by atoms with Crippen molar-refractivity contribution in [1.29, 1.82) is 0 Å². The number of aromatic nitrogens is 1. The molecule has 4 heteroatoms. The Balaban J connectivity index is 1.72. The molecule has 0 aliphatic rings. The quantitative estimate of drug-likeness (QED) is 0.425. The van der Waals surface area contributed by atoms with Gasteiger partial charge >= 0.3 is 0 Å².